The fourth-order valence-electron chi connectivity index (χ4n) is 1.88. The average molecular weight is 222 g/mol. The maximum absolute atomic E-state index is 9.31. The predicted octanol–water partition coefficient (Wildman–Crippen LogP) is 3.04. The Kier molecular flexibility index (Phi) is 5.94. The molecular formula is C14H22O2. The number of hydrogen-bond acceptors (Lipinski definition) is 2. The molecule has 0 amide bonds. The standard InChI is InChI=1S/C14H22O2/c1-3-4-6-13(11-15)9-12-7-5-8-14(10-12)16-2/h5,7-8,10,13,15H,3-4,6,9,11H2,1-2H3. The van der Waals surface area contributed by atoms with Gasteiger partial charge in [-0.2, -0.15) is 0 Å². The lowest BCUT2D eigenvalue weighted by Crippen LogP contribution is -2.09. The Morgan fingerprint density at radius 2 is 2.19 bits per heavy atom. The van der Waals surface area contributed by atoms with Crippen molar-refractivity contribution in [3.8, 4) is 5.75 Å². The first-order valence-corrected chi connectivity index (χ1v) is 6.04. The lowest BCUT2D eigenvalue weighted by Gasteiger charge is -2.14. The third-order valence-electron chi connectivity index (χ3n) is 2.88. The van der Waals surface area contributed by atoms with Crippen molar-refractivity contribution >= 4 is 0 Å². The van der Waals surface area contributed by atoms with E-state index in [0.29, 0.717) is 5.92 Å². The molecule has 1 aromatic rings. The van der Waals surface area contributed by atoms with Gasteiger partial charge in [-0.25, -0.2) is 0 Å². The van der Waals surface area contributed by atoms with Crippen molar-refractivity contribution in [2.75, 3.05) is 13.7 Å². The molecule has 0 radical (unpaired) electrons. The van der Waals surface area contributed by atoms with E-state index >= 15 is 0 Å². The quantitative estimate of drug-likeness (QED) is 0.768. The Labute approximate surface area is 98.3 Å². The fourth-order valence-corrected chi connectivity index (χ4v) is 1.88. The average Bonchev–Trinajstić information content (AvgIpc) is 2.34. The number of ether oxygens (including phenoxy) is 1. The number of aliphatic hydroxyl groups is 1. The molecule has 2 nitrogen and oxygen atoms in total. The molecular weight excluding hydrogens is 200 g/mol. The minimum atomic E-state index is 0.275. The Bertz CT molecular complexity index is 297. The van der Waals surface area contributed by atoms with Crippen LogP contribution in [0.3, 0.4) is 0 Å². The molecule has 1 unspecified atom stereocenters. The Hall–Kier alpha value is -1.02. The summed E-state index contributed by atoms with van der Waals surface area (Å²) in [5, 5.41) is 9.31. The molecule has 0 spiro atoms. The van der Waals surface area contributed by atoms with Gasteiger partial charge in [0, 0.05) is 6.61 Å². The number of rotatable bonds is 7. The van der Waals surface area contributed by atoms with Crippen LogP contribution < -0.4 is 4.74 Å². The second kappa shape index (κ2) is 7.29. The van der Waals surface area contributed by atoms with E-state index in [1.54, 1.807) is 7.11 Å². The monoisotopic (exact) mass is 222 g/mol. The van der Waals surface area contributed by atoms with Crippen LogP contribution in [0.5, 0.6) is 5.75 Å². The Balaban J connectivity index is 2.55. The first kappa shape index (κ1) is 13.0. The van der Waals surface area contributed by atoms with Gasteiger partial charge in [-0.1, -0.05) is 31.9 Å². The molecule has 1 aromatic carbocycles. The van der Waals surface area contributed by atoms with E-state index in [-0.39, 0.29) is 6.61 Å². The topological polar surface area (TPSA) is 29.5 Å². The summed E-state index contributed by atoms with van der Waals surface area (Å²) in [6.07, 6.45) is 4.42. The molecule has 90 valence electrons. The molecule has 0 aliphatic heterocycles. The van der Waals surface area contributed by atoms with Crippen LogP contribution >= 0.6 is 0 Å². The Morgan fingerprint density at radius 3 is 2.81 bits per heavy atom. The van der Waals surface area contributed by atoms with Gasteiger partial charge in [0.25, 0.3) is 0 Å². The second-order valence-electron chi connectivity index (χ2n) is 4.25. The van der Waals surface area contributed by atoms with Crippen molar-refractivity contribution in [3.63, 3.8) is 0 Å². The van der Waals surface area contributed by atoms with Gasteiger partial charge in [0.05, 0.1) is 7.11 Å². The van der Waals surface area contributed by atoms with Gasteiger partial charge in [0.15, 0.2) is 0 Å². The van der Waals surface area contributed by atoms with Crippen LogP contribution in [-0.2, 0) is 6.42 Å². The summed E-state index contributed by atoms with van der Waals surface area (Å²) in [5.41, 5.74) is 1.24. The third-order valence-corrected chi connectivity index (χ3v) is 2.88. The summed E-state index contributed by atoms with van der Waals surface area (Å²) in [6.45, 7) is 2.46. The molecule has 0 aromatic heterocycles. The van der Waals surface area contributed by atoms with Crippen molar-refractivity contribution in [2.45, 2.75) is 32.6 Å². The van der Waals surface area contributed by atoms with E-state index in [1.807, 2.05) is 12.1 Å². The van der Waals surface area contributed by atoms with Crippen molar-refractivity contribution in [3.05, 3.63) is 29.8 Å². The number of unbranched alkanes of at least 4 members (excludes halogenated alkanes) is 1. The van der Waals surface area contributed by atoms with Gasteiger partial charge in [-0.15, -0.1) is 0 Å². The van der Waals surface area contributed by atoms with Crippen molar-refractivity contribution in [1.29, 1.82) is 0 Å². The van der Waals surface area contributed by atoms with E-state index in [9.17, 15) is 5.11 Å². The highest BCUT2D eigenvalue weighted by Gasteiger charge is 2.08. The van der Waals surface area contributed by atoms with Crippen LogP contribution in [-0.4, -0.2) is 18.8 Å². The summed E-state index contributed by atoms with van der Waals surface area (Å²) in [6, 6.07) is 8.09. The molecule has 0 heterocycles. The first-order chi connectivity index (χ1) is 7.80. The normalized spacial score (nSPS) is 12.4. The molecule has 0 aliphatic carbocycles. The number of methoxy groups -OCH3 is 1. The van der Waals surface area contributed by atoms with E-state index in [1.165, 1.54) is 18.4 Å². The molecule has 1 atom stereocenters. The van der Waals surface area contributed by atoms with E-state index < -0.39 is 0 Å². The molecule has 1 rings (SSSR count). The maximum Gasteiger partial charge on any atom is 0.119 e. The van der Waals surface area contributed by atoms with Crippen LogP contribution in [0, 0.1) is 5.92 Å². The minimum absolute atomic E-state index is 0.275. The SMILES string of the molecule is CCCCC(CO)Cc1cccc(OC)c1. The lowest BCUT2D eigenvalue weighted by molar-refractivity contribution is 0.215. The summed E-state index contributed by atoms with van der Waals surface area (Å²) in [4.78, 5) is 0. The van der Waals surface area contributed by atoms with Crippen molar-refractivity contribution < 1.29 is 9.84 Å². The van der Waals surface area contributed by atoms with Crippen LogP contribution in [0.2, 0.25) is 0 Å². The third kappa shape index (κ3) is 4.23. The molecule has 0 saturated heterocycles. The molecule has 1 N–H and O–H groups in total. The zero-order valence-corrected chi connectivity index (χ0v) is 10.3. The first-order valence-electron chi connectivity index (χ1n) is 6.04. The van der Waals surface area contributed by atoms with E-state index in [4.69, 9.17) is 4.74 Å². The highest BCUT2D eigenvalue weighted by molar-refractivity contribution is 5.28. The molecule has 0 bridgehead atoms. The molecule has 2 heteroatoms. The summed E-state index contributed by atoms with van der Waals surface area (Å²) in [7, 11) is 1.68. The smallest absolute Gasteiger partial charge is 0.119 e. The van der Waals surface area contributed by atoms with E-state index in [0.717, 1.165) is 18.6 Å². The fraction of sp³-hybridized carbons (Fsp3) is 0.571. The molecule has 0 aliphatic rings. The van der Waals surface area contributed by atoms with Gasteiger partial charge in [0.1, 0.15) is 5.75 Å². The predicted molar refractivity (Wildman–Crippen MR) is 66.8 cm³/mol. The van der Waals surface area contributed by atoms with Crippen LogP contribution in [0.1, 0.15) is 31.7 Å². The lowest BCUT2D eigenvalue weighted by atomic mass is 9.95. The molecule has 16 heavy (non-hydrogen) atoms. The van der Waals surface area contributed by atoms with Crippen molar-refractivity contribution in [1.82, 2.24) is 0 Å². The zero-order valence-electron chi connectivity index (χ0n) is 10.3. The largest absolute Gasteiger partial charge is 0.497 e. The zero-order chi connectivity index (χ0) is 11.8. The summed E-state index contributed by atoms with van der Waals surface area (Å²) >= 11 is 0. The number of hydrogen-bond donors (Lipinski definition) is 1. The van der Waals surface area contributed by atoms with Crippen LogP contribution in [0.15, 0.2) is 24.3 Å². The highest BCUT2D eigenvalue weighted by atomic mass is 16.5. The van der Waals surface area contributed by atoms with Gasteiger partial charge < -0.3 is 9.84 Å². The van der Waals surface area contributed by atoms with Crippen LogP contribution in [0.4, 0.5) is 0 Å². The van der Waals surface area contributed by atoms with Gasteiger partial charge in [-0.3, -0.25) is 0 Å². The van der Waals surface area contributed by atoms with Gasteiger partial charge in [0.2, 0.25) is 0 Å². The maximum atomic E-state index is 9.31. The molecule has 0 saturated carbocycles. The number of aliphatic hydroxyl groups excluding tert-OH is 1. The van der Waals surface area contributed by atoms with Gasteiger partial charge in [-0.05, 0) is 36.5 Å². The highest BCUT2D eigenvalue weighted by Crippen LogP contribution is 2.18. The van der Waals surface area contributed by atoms with E-state index in [2.05, 4.69) is 19.1 Å². The van der Waals surface area contributed by atoms with Crippen molar-refractivity contribution in [2.24, 2.45) is 5.92 Å². The van der Waals surface area contributed by atoms with Crippen LogP contribution in [0.25, 0.3) is 0 Å². The minimum Gasteiger partial charge on any atom is -0.497 e. The van der Waals surface area contributed by atoms with Gasteiger partial charge >= 0.3 is 0 Å². The summed E-state index contributed by atoms with van der Waals surface area (Å²) < 4.78 is 5.19. The summed E-state index contributed by atoms with van der Waals surface area (Å²) in [5.74, 6) is 1.27. The Morgan fingerprint density at radius 1 is 1.38 bits per heavy atom. The molecule has 0 fully saturated rings. The second-order valence-corrected chi connectivity index (χ2v) is 4.25. The number of benzene rings is 1.